The second kappa shape index (κ2) is 10.6. The molecule has 0 aliphatic rings. The van der Waals surface area contributed by atoms with E-state index in [2.05, 4.69) is 16.0 Å². The third-order valence-corrected chi connectivity index (χ3v) is 4.33. The van der Waals surface area contributed by atoms with Gasteiger partial charge in [-0.25, -0.2) is 4.79 Å². The van der Waals surface area contributed by atoms with E-state index in [-0.39, 0.29) is 24.3 Å². The van der Waals surface area contributed by atoms with Gasteiger partial charge in [0.15, 0.2) is 12.4 Å². The van der Waals surface area contributed by atoms with Crippen molar-refractivity contribution in [3.05, 3.63) is 84.4 Å². The largest absolute Gasteiger partial charge is 0.484 e. The van der Waals surface area contributed by atoms with Crippen molar-refractivity contribution in [2.45, 2.75) is 13.3 Å². The predicted molar refractivity (Wildman–Crippen MR) is 121 cm³/mol. The lowest BCUT2D eigenvalue weighted by Gasteiger charge is -2.10. The molecule has 0 unspecified atom stereocenters. The molecule has 3 aromatic rings. The first-order valence-corrected chi connectivity index (χ1v) is 9.82. The Hall–Kier alpha value is -4.13. The zero-order valence-corrected chi connectivity index (χ0v) is 17.1. The summed E-state index contributed by atoms with van der Waals surface area (Å²) in [6, 6.07) is 22.2. The number of para-hydroxylation sites is 1. The van der Waals surface area contributed by atoms with E-state index in [0.717, 1.165) is 0 Å². The van der Waals surface area contributed by atoms with Crippen LogP contribution in [0.5, 0.6) is 5.75 Å². The van der Waals surface area contributed by atoms with Crippen molar-refractivity contribution in [3.63, 3.8) is 0 Å². The maximum absolute atomic E-state index is 12.1. The molecule has 0 aliphatic carbocycles. The normalized spacial score (nSPS) is 10.1. The first kappa shape index (κ1) is 21.6. The fourth-order valence-corrected chi connectivity index (χ4v) is 2.74. The zero-order chi connectivity index (χ0) is 22.1. The Morgan fingerprint density at radius 3 is 1.84 bits per heavy atom. The lowest BCUT2D eigenvalue weighted by molar-refractivity contribution is -0.118. The maximum Gasteiger partial charge on any atom is 0.323 e. The molecular weight excluding hydrogens is 394 g/mol. The van der Waals surface area contributed by atoms with Gasteiger partial charge in [0.25, 0.3) is 5.91 Å². The van der Waals surface area contributed by atoms with Crippen molar-refractivity contribution in [2.24, 2.45) is 0 Å². The molecule has 0 heterocycles. The Morgan fingerprint density at radius 1 is 0.710 bits per heavy atom. The van der Waals surface area contributed by atoms with Gasteiger partial charge in [-0.3, -0.25) is 9.59 Å². The molecule has 0 fully saturated rings. The molecule has 0 bridgehead atoms. The first-order valence-electron chi connectivity index (χ1n) is 9.82. The maximum atomic E-state index is 12.1. The van der Waals surface area contributed by atoms with E-state index in [4.69, 9.17) is 4.74 Å². The summed E-state index contributed by atoms with van der Waals surface area (Å²) in [7, 11) is 0. The molecule has 0 aromatic heterocycles. The number of amides is 3. The van der Waals surface area contributed by atoms with E-state index in [9.17, 15) is 14.4 Å². The van der Waals surface area contributed by atoms with Crippen molar-refractivity contribution >= 4 is 34.8 Å². The van der Waals surface area contributed by atoms with Crippen LogP contribution >= 0.6 is 0 Å². The second-order valence-corrected chi connectivity index (χ2v) is 6.66. The first-order chi connectivity index (χ1) is 15.0. The molecule has 0 saturated carbocycles. The number of nitrogens with one attached hydrogen (secondary N) is 3. The topological polar surface area (TPSA) is 96.5 Å². The molecular formula is C24H23N3O4. The second-order valence-electron chi connectivity index (χ2n) is 6.66. The summed E-state index contributed by atoms with van der Waals surface area (Å²) in [5.41, 5.74) is 2.47. The highest BCUT2D eigenvalue weighted by molar-refractivity contribution is 6.00. The van der Waals surface area contributed by atoms with Gasteiger partial charge in [0.05, 0.1) is 0 Å². The summed E-state index contributed by atoms with van der Waals surface area (Å²) in [4.78, 5) is 35.7. The number of urea groups is 1. The fourth-order valence-electron chi connectivity index (χ4n) is 2.74. The number of carbonyl (C=O) groups excluding carboxylic acids is 3. The molecule has 7 nitrogen and oxygen atoms in total. The molecule has 0 radical (unpaired) electrons. The number of rotatable bonds is 8. The van der Waals surface area contributed by atoms with Crippen LogP contribution in [0, 0.1) is 0 Å². The van der Waals surface area contributed by atoms with Gasteiger partial charge in [0, 0.05) is 29.0 Å². The average molecular weight is 417 g/mol. The van der Waals surface area contributed by atoms with Gasteiger partial charge in [0.1, 0.15) is 5.75 Å². The molecule has 3 N–H and O–H groups in total. The van der Waals surface area contributed by atoms with Gasteiger partial charge in [-0.15, -0.1) is 0 Å². The predicted octanol–water partition coefficient (Wildman–Crippen LogP) is 4.94. The quantitative estimate of drug-likeness (QED) is 0.452. The average Bonchev–Trinajstić information content (AvgIpc) is 2.79. The van der Waals surface area contributed by atoms with Crippen LogP contribution in [-0.4, -0.2) is 24.3 Å². The molecule has 0 aliphatic heterocycles. The molecule has 0 spiro atoms. The minimum atomic E-state index is -0.358. The third kappa shape index (κ3) is 6.71. The lowest BCUT2D eigenvalue weighted by Crippen LogP contribution is -2.20. The SMILES string of the molecule is CCC(=O)c1ccc(OCC(=O)Nc2ccc(NC(=O)Nc3ccccc3)cc2)cc1. The van der Waals surface area contributed by atoms with Crippen molar-refractivity contribution in [3.8, 4) is 5.75 Å². The summed E-state index contributed by atoms with van der Waals surface area (Å²) >= 11 is 0. The van der Waals surface area contributed by atoms with Crippen molar-refractivity contribution in [1.29, 1.82) is 0 Å². The van der Waals surface area contributed by atoms with Crippen LogP contribution < -0.4 is 20.7 Å². The van der Waals surface area contributed by atoms with Gasteiger partial charge in [0.2, 0.25) is 0 Å². The van der Waals surface area contributed by atoms with Gasteiger partial charge in [-0.05, 0) is 60.7 Å². The van der Waals surface area contributed by atoms with Crippen molar-refractivity contribution in [2.75, 3.05) is 22.6 Å². The number of carbonyl (C=O) groups is 3. The number of ketones is 1. The van der Waals surface area contributed by atoms with Crippen LogP contribution in [0.2, 0.25) is 0 Å². The highest BCUT2D eigenvalue weighted by Gasteiger charge is 2.07. The molecule has 7 heteroatoms. The van der Waals surface area contributed by atoms with E-state index in [1.807, 2.05) is 18.2 Å². The van der Waals surface area contributed by atoms with E-state index in [0.29, 0.717) is 34.8 Å². The number of Topliss-reactive ketones (excluding diaryl/α,β-unsaturated/α-hetero) is 1. The molecule has 3 rings (SSSR count). The van der Waals surface area contributed by atoms with E-state index in [1.165, 1.54) is 0 Å². The molecule has 3 aromatic carbocycles. The number of ether oxygens (including phenoxy) is 1. The highest BCUT2D eigenvalue weighted by Crippen LogP contribution is 2.16. The number of hydrogen-bond acceptors (Lipinski definition) is 4. The minimum absolute atomic E-state index is 0.0553. The Bertz CT molecular complexity index is 1030. The summed E-state index contributed by atoms with van der Waals surface area (Å²) in [6.07, 6.45) is 0.439. The highest BCUT2D eigenvalue weighted by atomic mass is 16.5. The van der Waals surface area contributed by atoms with Gasteiger partial charge in [-0.2, -0.15) is 0 Å². The minimum Gasteiger partial charge on any atom is -0.484 e. The van der Waals surface area contributed by atoms with Crippen molar-refractivity contribution < 1.29 is 19.1 Å². The van der Waals surface area contributed by atoms with Gasteiger partial charge < -0.3 is 20.7 Å². The summed E-state index contributed by atoms with van der Waals surface area (Å²) < 4.78 is 5.45. The molecule has 0 atom stereocenters. The Labute approximate surface area is 180 Å². The monoisotopic (exact) mass is 417 g/mol. The lowest BCUT2D eigenvalue weighted by atomic mass is 10.1. The number of hydrogen-bond donors (Lipinski definition) is 3. The van der Waals surface area contributed by atoms with Crippen LogP contribution in [0.3, 0.4) is 0 Å². The number of benzene rings is 3. The standard InChI is InChI=1S/C24H23N3O4/c1-2-22(28)17-8-14-21(15-9-17)31-16-23(29)25-19-10-12-20(13-11-19)27-24(30)26-18-6-4-3-5-7-18/h3-15H,2,16H2,1H3,(H,25,29)(H2,26,27,30). The number of anilines is 3. The Morgan fingerprint density at radius 2 is 1.26 bits per heavy atom. The van der Waals surface area contributed by atoms with E-state index >= 15 is 0 Å². The van der Waals surface area contributed by atoms with Gasteiger partial charge in [-0.1, -0.05) is 25.1 Å². The summed E-state index contributed by atoms with van der Waals surface area (Å²) in [5.74, 6) is 0.239. The van der Waals surface area contributed by atoms with Gasteiger partial charge >= 0.3 is 6.03 Å². The fraction of sp³-hybridized carbons (Fsp3) is 0.125. The third-order valence-electron chi connectivity index (χ3n) is 4.33. The van der Waals surface area contributed by atoms with Crippen LogP contribution in [0.1, 0.15) is 23.7 Å². The van der Waals surface area contributed by atoms with Crippen LogP contribution in [0.25, 0.3) is 0 Å². The summed E-state index contributed by atoms with van der Waals surface area (Å²) in [6.45, 7) is 1.64. The van der Waals surface area contributed by atoms with E-state index in [1.54, 1.807) is 67.6 Å². The smallest absolute Gasteiger partial charge is 0.323 e. The molecule has 158 valence electrons. The molecule has 3 amide bonds. The van der Waals surface area contributed by atoms with Crippen LogP contribution in [0.15, 0.2) is 78.9 Å². The Kier molecular flexibility index (Phi) is 7.37. The van der Waals surface area contributed by atoms with Crippen LogP contribution in [-0.2, 0) is 4.79 Å². The van der Waals surface area contributed by atoms with E-state index < -0.39 is 0 Å². The van der Waals surface area contributed by atoms with Crippen LogP contribution in [0.4, 0.5) is 21.9 Å². The molecule has 0 saturated heterocycles. The Balaban J connectivity index is 1.45. The zero-order valence-electron chi connectivity index (χ0n) is 17.1. The summed E-state index contributed by atoms with van der Waals surface area (Å²) in [5, 5.41) is 8.18. The van der Waals surface area contributed by atoms with Crippen molar-refractivity contribution in [1.82, 2.24) is 0 Å². The molecule has 31 heavy (non-hydrogen) atoms.